The third-order valence-corrected chi connectivity index (χ3v) is 5.06. The van der Waals surface area contributed by atoms with Gasteiger partial charge in [0.2, 0.25) is 23.6 Å². The van der Waals surface area contributed by atoms with Gasteiger partial charge in [-0.3, -0.25) is 24.5 Å². The van der Waals surface area contributed by atoms with E-state index in [4.69, 9.17) is 5.73 Å². The second kappa shape index (κ2) is 7.87. The molecule has 4 amide bonds. The number of hydrogen-bond acceptors (Lipinski definition) is 6. The Bertz CT molecular complexity index is 760. The maximum Gasteiger partial charge on any atom is 0.249 e. The van der Waals surface area contributed by atoms with Crippen LogP contribution in [0.3, 0.4) is 0 Å². The summed E-state index contributed by atoms with van der Waals surface area (Å²) in [5.74, 6) is -1.60. The fourth-order valence-corrected chi connectivity index (χ4v) is 3.51. The summed E-state index contributed by atoms with van der Waals surface area (Å²) >= 11 is 0. The number of aromatic nitrogens is 2. The molecule has 0 saturated carbocycles. The minimum Gasteiger partial charge on any atom is -0.344 e. The van der Waals surface area contributed by atoms with Crippen LogP contribution in [0.5, 0.6) is 0 Å². The van der Waals surface area contributed by atoms with Crippen LogP contribution in [-0.2, 0) is 32.6 Å². The predicted octanol–water partition coefficient (Wildman–Crippen LogP) is -1.80. The summed E-state index contributed by atoms with van der Waals surface area (Å²) < 4.78 is 1.79. The van der Waals surface area contributed by atoms with Gasteiger partial charge in [0.05, 0.1) is 12.4 Å². The van der Waals surface area contributed by atoms with Gasteiger partial charge in [0.1, 0.15) is 12.1 Å². The van der Waals surface area contributed by atoms with E-state index in [-0.39, 0.29) is 18.2 Å². The zero-order valence-electron chi connectivity index (χ0n) is 15.2. The molecule has 4 N–H and O–H groups in total. The Morgan fingerprint density at radius 3 is 2.78 bits per heavy atom. The summed E-state index contributed by atoms with van der Waals surface area (Å²) in [5.41, 5.74) is 6.88. The molecule has 1 aromatic heterocycles. The molecule has 3 heterocycles. The lowest BCUT2D eigenvalue weighted by atomic mass is 10.1. The van der Waals surface area contributed by atoms with Gasteiger partial charge in [0.25, 0.3) is 0 Å². The van der Waals surface area contributed by atoms with Gasteiger partial charge in [-0.1, -0.05) is 0 Å². The molecule has 10 nitrogen and oxygen atoms in total. The molecule has 2 saturated heterocycles. The maximum absolute atomic E-state index is 12.7. The Balaban J connectivity index is 1.59. The number of rotatable bonds is 5. The summed E-state index contributed by atoms with van der Waals surface area (Å²) in [6.07, 6.45) is 5.36. The van der Waals surface area contributed by atoms with Crippen LogP contribution in [0.15, 0.2) is 12.5 Å². The zero-order valence-corrected chi connectivity index (χ0v) is 15.2. The van der Waals surface area contributed by atoms with Crippen LogP contribution in [0.25, 0.3) is 0 Å². The molecular weight excluding hydrogens is 352 g/mol. The van der Waals surface area contributed by atoms with Crippen LogP contribution in [0.1, 0.15) is 31.4 Å². The van der Waals surface area contributed by atoms with Crippen LogP contribution in [0.4, 0.5) is 0 Å². The van der Waals surface area contributed by atoms with Crippen LogP contribution >= 0.6 is 0 Å². The van der Waals surface area contributed by atoms with E-state index in [0.29, 0.717) is 32.2 Å². The molecule has 2 aliphatic rings. The highest BCUT2D eigenvalue weighted by atomic mass is 16.2. The largest absolute Gasteiger partial charge is 0.344 e. The average Bonchev–Trinajstić information content (AvgIpc) is 3.36. The molecule has 0 radical (unpaired) electrons. The number of amides is 4. The van der Waals surface area contributed by atoms with Crippen molar-refractivity contribution in [3.8, 4) is 0 Å². The standard InChI is InChI=1S/C17H24N6O4/c1-22-9-19-8-10(22)7-11(18)17(27)23-6-2-3-13(23)16(26)21-15(25)12-4-5-14(24)20-12/h8-9,11-13H,2-7,18H2,1H3,(H,20,24)(H,21,25,26). The van der Waals surface area contributed by atoms with E-state index < -0.39 is 29.9 Å². The molecule has 2 fully saturated rings. The highest BCUT2D eigenvalue weighted by molar-refractivity contribution is 6.03. The van der Waals surface area contributed by atoms with E-state index in [0.717, 1.165) is 5.69 Å². The van der Waals surface area contributed by atoms with Crippen LogP contribution in [-0.4, -0.2) is 62.7 Å². The number of imide groups is 1. The van der Waals surface area contributed by atoms with Crippen molar-refractivity contribution in [2.75, 3.05) is 6.54 Å². The molecule has 146 valence electrons. The molecule has 0 aromatic carbocycles. The van der Waals surface area contributed by atoms with Crippen molar-refractivity contribution in [2.24, 2.45) is 12.8 Å². The summed E-state index contributed by atoms with van der Waals surface area (Å²) in [7, 11) is 1.82. The molecular formula is C17H24N6O4. The Labute approximate surface area is 156 Å². The number of nitrogens with one attached hydrogen (secondary N) is 2. The normalized spacial score (nSPS) is 23.2. The number of likely N-dealkylation sites (tertiary alicyclic amines) is 1. The predicted molar refractivity (Wildman–Crippen MR) is 93.9 cm³/mol. The smallest absolute Gasteiger partial charge is 0.249 e. The van der Waals surface area contributed by atoms with E-state index in [1.54, 1.807) is 17.1 Å². The molecule has 0 aliphatic carbocycles. The lowest BCUT2D eigenvalue weighted by Gasteiger charge is -2.26. The van der Waals surface area contributed by atoms with E-state index in [1.165, 1.54) is 4.90 Å². The Morgan fingerprint density at radius 2 is 2.15 bits per heavy atom. The van der Waals surface area contributed by atoms with Gasteiger partial charge in [0, 0.05) is 38.3 Å². The number of hydrogen-bond donors (Lipinski definition) is 3. The third kappa shape index (κ3) is 4.16. The van der Waals surface area contributed by atoms with Crippen molar-refractivity contribution in [1.29, 1.82) is 0 Å². The second-order valence-electron chi connectivity index (χ2n) is 7.01. The first-order valence-electron chi connectivity index (χ1n) is 9.02. The number of nitrogens with zero attached hydrogens (tertiary/aromatic N) is 3. The van der Waals surface area contributed by atoms with Crippen molar-refractivity contribution < 1.29 is 19.2 Å². The lowest BCUT2D eigenvalue weighted by molar-refractivity contribution is -0.142. The van der Waals surface area contributed by atoms with Gasteiger partial charge in [-0.15, -0.1) is 0 Å². The van der Waals surface area contributed by atoms with Gasteiger partial charge in [-0.05, 0) is 19.3 Å². The zero-order chi connectivity index (χ0) is 19.6. The highest BCUT2D eigenvalue weighted by Gasteiger charge is 2.38. The Hall–Kier alpha value is -2.75. The van der Waals surface area contributed by atoms with Gasteiger partial charge >= 0.3 is 0 Å². The van der Waals surface area contributed by atoms with Crippen molar-refractivity contribution in [3.05, 3.63) is 18.2 Å². The van der Waals surface area contributed by atoms with Gasteiger partial charge < -0.3 is 20.5 Å². The lowest BCUT2D eigenvalue weighted by Crippen LogP contribution is -2.54. The molecule has 10 heteroatoms. The van der Waals surface area contributed by atoms with E-state index in [2.05, 4.69) is 15.6 Å². The van der Waals surface area contributed by atoms with Crippen LogP contribution in [0.2, 0.25) is 0 Å². The van der Waals surface area contributed by atoms with E-state index in [1.807, 2.05) is 7.05 Å². The van der Waals surface area contributed by atoms with Crippen LogP contribution in [0, 0.1) is 0 Å². The first-order valence-corrected chi connectivity index (χ1v) is 9.02. The number of aryl methyl sites for hydroxylation is 1. The second-order valence-corrected chi connectivity index (χ2v) is 7.01. The fourth-order valence-electron chi connectivity index (χ4n) is 3.51. The van der Waals surface area contributed by atoms with Crippen molar-refractivity contribution >= 4 is 23.6 Å². The van der Waals surface area contributed by atoms with Gasteiger partial charge in [-0.2, -0.15) is 0 Å². The highest BCUT2D eigenvalue weighted by Crippen LogP contribution is 2.19. The molecule has 3 atom stereocenters. The summed E-state index contributed by atoms with van der Waals surface area (Å²) in [5, 5.41) is 4.84. The summed E-state index contributed by atoms with van der Waals surface area (Å²) in [6.45, 7) is 0.421. The molecule has 2 aliphatic heterocycles. The average molecular weight is 376 g/mol. The third-order valence-electron chi connectivity index (χ3n) is 5.06. The Kier molecular flexibility index (Phi) is 5.54. The number of carbonyl (C=O) groups excluding carboxylic acids is 4. The molecule has 0 bridgehead atoms. The first kappa shape index (κ1) is 19.0. The first-order chi connectivity index (χ1) is 12.9. The summed E-state index contributed by atoms with van der Waals surface area (Å²) in [6, 6.07) is -2.21. The molecule has 3 rings (SSSR count). The molecule has 3 unspecified atom stereocenters. The minimum absolute atomic E-state index is 0.207. The topological polar surface area (TPSA) is 139 Å². The molecule has 27 heavy (non-hydrogen) atoms. The Morgan fingerprint density at radius 1 is 1.37 bits per heavy atom. The van der Waals surface area contributed by atoms with Gasteiger partial charge in [-0.25, -0.2) is 4.98 Å². The minimum atomic E-state index is -0.793. The number of nitrogens with two attached hydrogens (primary N) is 1. The number of imidazole rings is 1. The molecule has 0 spiro atoms. The monoisotopic (exact) mass is 376 g/mol. The fraction of sp³-hybridized carbons (Fsp3) is 0.588. The van der Waals surface area contributed by atoms with Crippen LogP contribution < -0.4 is 16.4 Å². The molecule has 1 aromatic rings. The number of carbonyl (C=O) groups is 4. The van der Waals surface area contributed by atoms with Crippen molar-refractivity contribution in [3.63, 3.8) is 0 Å². The summed E-state index contributed by atoms with van der Waals surface area (Å²) in [4.78, 5) is 54.0. The van der Waals surface area contributed by atoms with E-state index in [9.17, 15) is 19.2 Å². The van der Waals surface area contributed by atoms with Gasteiger partial charge in [0.15, 0.2) is 0 Å². The van der Waals surface area contributed by atoms with E-state index >= 15 is 0 Å². The SMILES string of the molecule is Cn1cncc1CC(N)C(=O)N1CCCC1C(=O)NC(=O)C1CCC(=O)N1. The van der Waals surface area contributed by atoms with Crippen molar-refractivity contribution in [2.45, 2.75) is 50.2 Å². The van der Waals surface area contributed by atoms with Crippen molar-refractivity contribution in [1.82, 2.24) is 25.1 Å². The maximum atomic E-state index is 12.7. The quantitative estimate of drug-likeness (QED) is 0.518.